The molecule has 3 N–H and O–H groups in total. The second kappa shape index (κ2) is 14.4. The number of carbonyl (C=O) groups is 4. The van der Waals surface area contributed by atoms with Gasteiger partial charge in [-0.2, -0.15) is 0 Å². The molecule has 0 radical (unpaired) electrons. The van der Waals surface area contributed by atoms with E-state index in [1.54, 1.807) is 24.3 Å². The zero-order chi connectivity index (χ0) is 25.6. The van der Waals surface area contributed by atoms with E-state index >= 15 is 0 Å². The van der Waals surface area contributed by atoms with Crippen LogP contribution >= 0.6 is 0 Å². The van der Waals surface area contributed by atoms with Crippen molar-refractivity contribution in [3.8, 4) is 0 Å². The highest BCUT2D eigenvalue weighted by Gasteiger charge is 2.27. The minimum Gasteiger partial charge on any atom is -0.481 e. The van der Waals surface area contributed by atoms with Crippen LogP contribution in [0, 0.1) is 5.92 Å². The van der Waals surface area contributed by atoms with Crippen molar-refractivity contribution in [3.05, 3.63) is 71.8 Å². The van der Waals surface area contributed by atoms with Gasteiger partial charge in [-0.25, -0.2) is 14.4 Å². The van der Waals surface area contributed by atoms with Gasteiger partial charge in [-0.1, -0.05) is 74.5 Å². The summed E-state index contributed by atoms with van der Waals surface area (Å²) in [6, 6.07) is 15.2. The first-order chi connectivity index (χ1) is 16.7. The summed E-state index contributed by atoms with van der Waals surface area (Å²) in [6.07, 6.45) is -0.192. The van der Waals surface area contributed by atoms with Gasteiger partial charge >= 0.3 is 23.9 Å². The number of carboxylic acid groups (broad SMARTS) is 1. The molecule has 2 atom stereocenters. The number of aliphatic carboxylic acids is 1. The maximum absolute atomic E-state index is 12.7. The summed E-state index contributed by atoms with van der Waals surface area (Å²) in [5.41, 5.74) is 1.56. The Labute approximate surface area is 204 Å². The number of hydrogen-bond acceptors (Lipinski definition) is 6. The van der Waals surface area contributed by atoms with E-state index in [1.807, 2.05) is 50.2 Å². The molecule has 0 aliphatic rings. The van der Waals surface area contributed by atoms with Crippen molar-refractivity contribution in [2.75, 3.05) is 0 Å². The molecular formula is C26H32N2O7. The monoisotopic (exact) mass is 484 g/mol. The minimum absolute atomic E-state index is 0.0195. The van der Waals surface area contributed by atoms with Crippen molar-refractivity contribution < 1.29 is 33.8 Å². The van der Waals surface area contributed by atoms with Gasteiger partial charge in [0, 0.05) is 6.42 Å². The SMILES string of the molecule is CC(C)CC(NC(=O)NC(CCC(=O)O)C(=O)OCc1ccccc1)C(=O)OCc1ccccc1. The molecule has 2 rings (SSSR count). The minimum atomic E-state index is -1.20. The van der Waals surface area contributed by atoms with Crippen molar-refractivity contribution in [2.45, 2.75) is 58.4 Å². The van der Waals surface area contributed by atoms with Crippen LogP contribution in [0.3, 0.4) is 0 Å². The molecule has 0 bridgehead atoms. The number of amides is 2. The molecule has 9 nitrogen and oxygen atoms in total. The maximum Gasteiger partial charge on any atom is 0.329 e. The zero-order valence-electron chi connectivity index (χ0n) is 19.9. The van der Waals surface area contributed by atoms with Crippen LogP contribution in [0.1, 0.15) is 44.2 Å². The van der Waals surface area contributed by atoms with Crippen molar-refractivity contribution in [1.29, 1.82) is 0 Å². The molecule has 0 spiro atoms. The highest BCUT2D eigenvalue weighted by atomic mass is 16.5. The highest BCUT2D eigenvalue weighted by Crippen LogP contribution is 2.10. The van der Waals surface area contributed by atoms with Crippen molar-refractivity contribution in [3.63, 3.8) is 0 Å². The summed E-state index contributed by atoms with van der Waals surface area (Å²) < 4.78 is 10.6. The molecule has 0 saturated heterocycles. The van der Waals surface area contributed by atoms with Gasteiger partial charge in [0.05, 0.1) is 0 Å². The number of hydrogen-bond donors (Lipinski definition) is 3. The van der Waals surface area contributed by atoms with E-state index in [0.717, 1.165) is 11.1 Å². The Morgan fingerprint density at radius 3 is 1.69 bits per heavy atom. The first-order valence-electron chi connectivity index (χ1n) is 11.4. The molecule has 2 aromatic rings. The summed E-state index contributed by atoms with van der Waals surface area (Å²) in [6.45, 7) is 3.83. The largest absolute Gasteiger partial charge is 0.481 e. The molecule has 0 heterocycles. The quantitative estimate of drug-likeness (QED) is 0.371. The molecule has 0 aliphatic heterocycles. The third-order valence-corrected chi connectivity index (χ3v) is 4.98. The van der Waals surface area contributed by atoms with E-state index in [2.05, 4.69) is 10.6 Å². The lowest BCUT2D eigenvalue weighted by molar-refractivity contribution is -0.148. The number of carboxylic acids is 1. The summed E-state index contributed by atoms with van der Waals surface area (Å²) >= 11 is 0. The molecule has 2 aromatic carbocycles. The van der Waals surface area contributed by atoms with Gasteiger partial charge in [-0.3, -0.25) is 4.79 Å². The molecule has 0 aliphatic carbocycles. The number of urea groups is 1. The van der Waals surface area contributed by atoms with E-state index in [4.69, 9.17) is 14.6 Å². The second-order valence-corrected chi connectivity index (χ2v) is 8.47. The van der Waals surface area contributed by atoms with E-state index in [9.17, 15) is 19.2 Å². The van der Waals surface area contributed by atoms with E-state index in [1.165, 1.54) is 0 Å². The Balaban J connectivity index is 1.98. The van der Waals surface area contributed by atoms with Crippen LogP contribution in [0.2, 0.25) is 0 Å². The summed E-state index contributed by atoms with van der Waals surface area (Å²) in [4.78, 5) is 48.9. The third-order valence-electron chi connectivity index (χ3n) is 4.98. The van der Waals surface area contributed by atoms with Crippen LogP contribution in [-0.2, 0) is 37.1 Å². The Morgan fingerprint density at radius 2 is 1.23 bits per heavy atom. The van der Waals surface area contributed by atoms with Crippen LogP contribution in [0.5, 0.6) is 0 Å². The molecule has 0 saturated carbocycles. The third kappa shape index (κ3) is 10.7. The zero-order valence-corrected chi connectivity index (χ0v) is 19.9. The van der Waals surface area contributed by atoms with Crippen LogP contribution in [0.25, 0.3) is 0 Å². The second-order valence-electron chi connectivity index (χ2n) is 8.47. The lowest BCUT2D eigenvalue weighted by atomic mass is 10.0. The van der Waals surface area contributed by atoms with Crippen LogP contribution in [-0.4, -0.2) is 41.1 Å². The Kier molecular flexibility index (Phi) is 11.3. The Morgan fingerprint density at radius 1 is 0.771 bits per heavy atom. The average Bonchev–Trinajstić information content (AvgIpc) is 2.84. The molecule has 0 fully saturated rings. The van der Waals surface area contributed by atoms with Gasteiger partial charge in [0.1, 0.15) is 25.3 Å². The first-order valence-corrected chi connectivity index (χ1v) is 11.4. The van der Waals surface area contributed by atoms with E-state index in [-0.39, 0.29) is 32.0 Å². The van der Waals surface area contributed by atoms with E-state index in [0.29, 0.717) is 6.42 Å². The smallest absolute Gasteiger partial charge is 0.329 e. The van der Waals surface area contributed by atoms with Gasteiger partial charge < -0.3 is 25.2 Å². The normalized spacial score (nSPS) is 12.3. The van der Waals surface area contributed by atoms with Gasteiger partial charge in [0.25, 0.3) is 0 Å². The van der Waals surface area contributed by atoms with Crippen molar-refractivity contribution >= 4 is 23.9 Å². The number of benzene rings is 2. The number of nitrogens with one attached hydrogen (secondary N) is 2. The predicted molar refractivity (Wildman–Crippen MR) is 128 cm³/mol. The maximum atomic E-state index is 12.7. The average molecular weight is 485 g/mol. The van der Waals surface area contributed by atoms with Crippen LogP contribution in [0.15, 0.2) is 60.7 Å². The van der Waals surface area contributed by atoms with Crippen molar-refractivity contribution in [1.82, 2.24) is 10.6 Å². The lowest BCUT2D eigenvalue weighted by Gasteiger charge is -2.22. The number of rotatable bonds is 13. The topological polar surface area (TPSA) is 131 Å². The molecule has 0 aromatic heterocycles. The van der Waals surface area contributed by atoms with Crippen LogP contribution < -0.4 is 10.6 Å². The van der Waals surface area contributed by atoms with Crippen LogP contribution in [0.4, 0.5) is 4.79 Å². The van der Waals surface area contributed by atoms with Crippen molar-refractivity contribution in [2.24, 2.45) is 5.92 Å². The Hall–Kier alpha value is -3.88. The van der Waals surface area contributed by atoms with Gasteiger partial charge in [-0.05, 0) is 29.9 Å². The molecule has 188 valence electrons. The summed E-state index contributed by atoms with van der Waals surface area (Å²) in [5, 5.41) is 14.0. The fourth-order valence-electron chi connectivity index (χ4n) is 3.22. The highest BCUT2D eigenvalue weighted by molar-refractivity contribution is 5.87. The summed E-state index contributed by atoms with van der Waals surface area (Å²) in [7, 11) is 0. The number of carbonyl (C=O) groups excluding carboxylic acids is 3. The molecule has 35 heavy (non-hydrogen) atoms. The fourth-order valence-corrected chi connectivity index (χ4v) is 3.22. The fraction of sp³-hybridized carbons (Fsp3) is 0.385. The van der Waals surface area contributed by atoms with E-state index < -0.39 is 36.0 Å². The summed E-state index contributed by atoms with van der Waals surface area (Å²) in [5.74, 6) is -2.41. The molecule has 9 heteroatoms. The number of esters is 2. The standard InChI is InChI=1S/C26H32N2O7/c1-18(2)15-22(25(32)35-17-20-11-7-4-8-12-20)28-26(33)27-21(13-14-23(29)30)24(31)34-16-19-9-5-3-6-10-19/h3-12,18,21-22H,13-17H2,1-2H3,(H,29,30)(H2,27,28,33). The van der Waals surface area contributed by atoms with Gasteiger partial charge in [0.2, 0.25) is 0 Å². The van der Waals surface area contributed by atoms with Gasteiger partial charge in [0.15, 0.2) is 0 Å². The molecular weight excluding hydrogens is 452 g/mol. The Bertz CT molecular complexity index is 964. The predicted octanol–water partition coefficient (Wildman–Crippen LogP) is 3.42. The molecule has 2 amide bonds. The van der Waals surface area contributed by atoms with Gasteiger partial charge in [-0.15, -0.1) is 0 Å². The lowest BCUT2D eigenvalue weighted by Crippen LogP contribution is -2.52. The molecule has 2 unspecified atom stereocenters. The first kappa shape index (κ1) is 27.4. The number of ether oxygens (including phenoxy) is 2.